The minimum Gasteiger partial charge on any atom is -0.299 e. The van der Waals surface area contributed by atoms with E-state index in [0.717, 1.165) is 30.7 Å². The van der Waals surface area contributed by atoms with Gasteiger partial charge in [0, 0.05) is 16.9 Å². The van der Waals surface area contributed by atoms with Gasteiger partial charge in [-0.25, -0.2) is 0 Å². The second kappa shape index (κ2) is 3.97. The van der Waals surface area contributed by atoms with Crippen LogP contribution in [-0.2, 0) is 11.2 Å². The molecular weight excluding hydrogens is 208 g/mol. The molecule has 80 valence electrons. The monoisotopic (exact) mass is 222 g/mol. The van der Waals surface area contributed by atoms with Crippen LogP contribution < -0.4 is 0 Å². The van der Waals surface area contributed by atoms with Gasteiger partial charge in [0.2, 0.25) is 0 Å². The van der Waals surface area contributed by atoms with Gasteiger partial charge in [0.25, 0.3) is 0 Å². The Kier molecular flexibility index (Phi) is 2.83. The number of hydrogen-bond donors (Lipinski definition) is 0. The molecule has 1 unspecified atom stereocenters. The molecule has 2 heteroatoms. The summed E-state index contributed by atoms with van der Waals surface area (Å²) >= 11 is 5.82. The van der Waals surface area contributed by atoms with Crippen molar-refractivity contribution in [2.24, 2.45) is 5.41 Å². The van der Waals surface area contributed by atoms with Crippen molar-refractivity contribution in [2.45, 2.75) is 32.6 Å². The highest BCUT2D eigenvalue weighted by atomic mass is 35.5. The molecule has 0 N–H and O–H groups in total. The van der Waals surface area contributed by atoms with Crippen molar-refractivity contribution < 1.29 is 4.79 Å². The molecule has 15 heavy (non-hydrogen) atoms. The summed E-state index contributed by atoms with van der Waals surface area (Å²) in [4.78, 5) is 11.7. The number of hydrogen-bond acceptors (Lipinski definition) is 1. The van der Waals surface area contributed by atoms with Crippen LogP contribution >= 0.6 is 11.6 Å². The van der Waals surface area contributed by atoms with Gasteiger partial charge in [-0.15, -0.1) is 0 Å². The second-order valence-corrected chi connectivity index (χ2v) is 5.08. The van der Waals surface area contributed by atoms with E-state index >= 15 is 0 Å². The number of Topliss-reactive ketones (excluding diaryl/α,β-unsaturated/α-hetero) is 1. The lowest BCUT2D eigenvalue weighted by Gasteiger charge is -2.21. The van der Waals surface area contributed by atoms with E-state index in [-0.39, 0.29) is 5.41 Å². The smallest absolute Gasteiger partial charge is 0.139 e. The Labute approximate surface area is 95.4 Å². The molecule has 0 bridgehead atoms. The molecule has 0 spiro atoms. The Morgan fingerprint density at radius 1 is 1.33 bits per heavy atom. The number of halogens is 1. The lowest BCUT2D eigenvalue weighted by atomic mass is 9.81. The predicted octanol–water partition coefficient (Wildman–Crippen LogP) is 3.64. The SMILES string of the molecule is CC1(Cc2ccc(Cl)cc2)CCCC1=O. The first-order valence-corrected chi connectivity index (χ1v) is 5.76. The Morgan fingerprint density at radius 3 is 2.53 bits per heavy atom. The average Bonchev–Trinajstić information content (AvgIpc) is 2.51. The van der Waals surface area contributed by atoms with Crippen LogP contribution in [0, 0.1) is 5.41 Å². The van der Waals surface area contributed by atoms with E-state index < -0.39 is 0 Å². The van der Waals surface area contributed by atoms with Crippen molar-refractivity contribution >= 4 is 17.4 Å². The van der Waals surface area contributed by atoms with Crippen molar-refractivity contribution in [2.75, 3.05) is 0 Å². The lowest BCUT2D eigenvalue weighted by molar-refractivity contribution is -0.124. The summed E-state index contributed by atoms with van der Waals surface area (Å²) in [7, 11) is 0. The molecule has 2 rings (SSSR count). The highest BCUT2D eigenvalue weighted by molar-refractivity contribution is 6.30. The van der Waals surface area contributed by atoms with Crippen LogP contribution in [0.3, 0.4) is 0 Å². The first-order chi connectivity index (χ1) is 7.10. The molecular formula is C13H15ClO. The molecule has 1 aliphatic carbocycles. The molecule has 1 aromatic rings. The molecule has 0 aliphatic heterocycles. The van der Waals surface area contributed by atoms with Crippen LogP contribution in [0.25, 0.3) is 0 Å². The van der Waals surface area contributed by atoms with Crippen LogP contribution in [0.4, 0.5) is 0 Å². The van der Waals surface area contributed by atoms with E-state index in [2.05, 4.69) is 6.92 Å². The maximum atomic E-state index is 11.7. The fourth-order valence-electron chi connectivity index (χ4n) is 2.32. The summed E-state index contributed by atoms with van der Waals surface area (Å²) < 4.78 is 0. The van der Waals surface area contributed by atoms with E-state index in [1.54, 1.807) is 0 Å². The molecule has 1 aromatic carbocycles. The normalized spacial score (nSPS) is 25.9. The van der Waals surface area contributed by atoms with Gasteiger partial charge in [0.1, 0.15) is 5.78 Å². The molecule has 1 fully saturated rings. The summed E-state index contributed by atoms with van der Waals surface area (Å²) in [6.07, 6.45) is 3.67. The fourth-order valence-corrected chi connectivity index (χ4v) is 2.45. The van der Waals surface area contributed by atoms with Crippen molar-refractivity contribution in [1.29, 1.82) is 0 Å². The zero-order valence-corrected chi connectivity index (χ0v) is 9.68. The third kappa shape index (κ3) is 2.23. The summed E-state index contributed by atoms with van der Waals surface area (Å²) in [6.45, 7) is 2.08. The van der Waals surface area contributed by atoms with Crippen molar-refractivity contribution in [3.8, 4) is 0 Å². The van der Waals surface area contributed by atoms with Crippen LogP contribution in [0.1, 0.15) is 31.7 Å². The predicted molar refractivity (Wildman–Crippen MR) is 62.1 cm³/mol. The summed E-state index contributed by atoms with van der Waals surface area (Å²) in [5, 5.41) is 0.752. The summed E-state index contributed by atoms with van der Waals surface area (Å²) in [5.74, 6) is 0.414. The third-order valence-electron chi connectivity index (χ3n) is 3.31. The summed E-state index contributed by atoms with van der Waals surface area (Å²) in [6, 6.07) is 7.80. The van der Waals surface area contributed by atoms with E-state index in [4.69, 9.17) is 11.6 Å². The minimum absolute atomic E-state index is 0.131. The molecule has 1 atom stereocenters. The third-order valence-corrected chi connectivity index (χ3v) is 3.57. The van der Waals surface area contributed by atoms with Gasteiger partial charge in [-0.2, -0.15) is 0 Å². The molecule has 0 amide bonds. The standard InChI is InChI=1S/C13H15ClO/c1-13(8-2-3-12(13)15)9-10-4-6-11(14)7-5-10/h4-7H,2-3,8-9H2,1H3. The minimum atomic E-state index is -0.131. The fraction of sp³-hybridized carbons (Fsp3) is 0.462. The van der Waals surface area contributed by atoms with E-state index in [1.165, 1.54) is 5.56 Å². The van der Waals surface area contributed by atoms with E-state index in [9.17, 15) is 4.79 Å². The van der Waals surface area contributed by atoms with Crippen LogP contribution in [0.15, 0.2) is 24.3 Å². The van der Waals surface area contributed by atoms with Gasteiger partial charge in [0.15, 0.2) is 0 Å². The number of carbonyl (C=O) groups is 1. The van der Waals surface area contributed by atoms with Gasteiger partial charge >= 0.3 is 0 Å². The maximum Gasteiger partial charge on any atom is 0.139 e. The molecule has 0 heterocycles. The Bertz CT molecular complexity index is 369. The van der Waals surface area contributed by atoms with Gasteiger partial charge in [-0.1, -0.05) is 30.7 Å². The van der Waals surface area contributed by atoms with Gasteiger partial charge < -0.3 is 0 Å². The van der Waals surface area contributed by atoms with Gasteiger partial charge in [-0.05, 0) is 37.0 Å². The topological polar surface area (TPSA) is 17.1 Å². The number of rotatable bonds is 2. The molecule has 0 radical (unpaired) electrons. The van der Waals surface area contributed by atoms with E-state index in [1.807, 2.05) is 24.3 Å². The second-order valence-electron chi connectivity index (χ2n) is 4.64. The zero-order chi connectivity index (χ0) is 10.9. The zero-order valence-electron chi connectivity index (χ0n) is 8.92. The van der Waals surface area contributed by atoms with Crippen LogP contribution in [0.5, 0.6) is 0 Å². The number of benzene rings is 1. The molecule has 1 saturated carbocycles. The Hall–Kier alpha value is -0.820. The largest absolute Gasteiger partial charge is 0.299 e. The highest BCUT2D eigenvalue weighted by Crippen LogP contribution is 2.37. The molecule has 1 nitrogen and oxygen atoms in total. The van der Waals surface area contributed by atoms with Crippen LogP contribution in [-0.4, -0.2) is 5.78 Å². The van der Waals surface area contributed by atoms with Crippen molar-refractivity contribution in [1.82, 2.24) is 0 Å². The van der Waals surface area contributed by atoms with Crippen molar-refractivity contribution in [3.05, 3.63) is 34.9 Å². The molecule has 0 aromatic heterocycles. The Balaban J connectivity index is 2.14. The molecule has 1 aliphatic rings. The summed E-state index contributed by atoms with van der Waals surface area (Å²) in [5.41, 5.74) is 1.07. The quantitative estimate of drug-likeness (QED) is 0.747. The Morgan fingerprint density at radius 2 is 2.00 bits per heavy atom. The maximum absolute atomic E-state index is 11.7. The lowest BCUT2D eigenvalue weighted by Crippen LogP contribution is -2.24. The van der Waals surface area contributed by atoms with Gasteiger partial charge in [-0.3, -0.25) is 4.79 Å². The van der Waals surface area contributed by atoms with E-state index in [0.29, 0.717) is 5.78 Å². The van der Waals surface area contributed by atoms with Crippen molar-refractivity contribution in [3.63, 3.8) is 0 Å². The number of ketones is 1. The first kappa shape index (κ1) is 10.7. The number of carbonyl (C=O) groups excluding carboxylic acids is 1. The highest BCUT2D eigenvalue weighted by Gasteiger charge is 2.36. The van der Waals surface area contributed by atoms with Crippen LogP contribution in [0.2, 0.25) is 5.02 Å². The van der Waals surface area contributed by atoms with Gasteiger partial charge in [0.05, 0.1) is 0 Å². The first-order valence-electron chi connectivity index (χ1n) is 5.38. The average molecular weight is 223 g/mol. The molecule has 0 saturated heterocycles.